The van der Waals surface area contributed by atoms with Gasteiger partial charge >= 0.3 is 0 Å². The highest BCUT2D eigenvalue weighted by Crippen LogP contribution is 2.25. The van der Waals surface area contributed by atoms with E-state index in [9.17, 15) is 14.4 Å². The van der Waals surface area contributed by atoms with E-state index in [-0.39, 0.29) is 24.4 Å². The second kappa shape index (κ2) is 6.84. The summed E-state index contributed by atoms with van der Waals surface area (Å²) in [5.41, 5.74) is 3.04. The summed E-state index contributed by atoms with van der Waals surface area (Å²) in [6.07, 6.45) is 2.82. The lowest BCUT2D eigenvalue weighted by atomic mass is 10.1. The van der Waals surface area contributed by atoms with Crippen LogP contribution in [0.1, 0.15) is 27.2 Å². The summed E-state index contributed by atoms with van der Waals surface area (Å²) in [5, 5.41) is 4.57. The predicted octanol–water partition coefficient (Wildman–Crippen LogP) is 1.47. The van der Waals surface area contributed by atoms with Crippen LogP contribution in [0.25, 0.3) is 11.0 Å². The number of fused-ring (bicyclic) bond motifs is 1. The Kier molecular flexibility index (Phi) is 4.45. The van der Waals surface area contributed by atoms with Gasteiger partial charge in [-0.25, -0.2) is 14.3 Å². The second-order valence-corrected chi connectivity index (χ2v) is 8.10. The molecule has 1 fully saturated rings. The van der Waals surface area contributed by atoms with Crippen LogP contribution in [0, 0.1) is 5.92 Å². The first-order valence-corrected chi connectivity index (χ1v) is 9.38. The van der Waals surface area contributed by atoms with Crippen molar-refractivity contribution in [1.82, 2.24) is 19.4 Å². The molecule has 0 bridgehead atoms. The number of aromatic nitrogens is 4. The van der Waals surface area contributed by atoms with Crippen LogP contribution >= 0.6 is 0 Å². The average molecular weight is 394 g/mol. The van der Waals surface area contributed by atoms with Crippen LogP contribution in [0.4, 0.5) is 5.69 Å². The Balaban J connectivity index is 1.55. The van der Waals surface area contributed by atoms with Crippen LogP contribution < -0.4 is 15.9 Å². The monoisotopic (exact) mass is 394 g/mol. The van der Waals surface area contributed by atoms with Gasteiger partial charge in [-0.15, -0.1) is 0 Å². The first-order valence-electron chi connectivity index (χ1n) is 9.38. The molecule has 9 nitrogen and oxygen atoms in total. The third-order valence-electron chi connectivity index (χ3n) is 4.92. The number of rotatable bonds is 3. The Morgan fingerprint density at radius 3 is 2.59 bits per heavy atom. The maximum Gasteiger partial charge on any atom is 0.283 e. The van der Waals surface area contributed by atoms with E-state index in [4.69, 9.17) is 0 Å². The Morgan fingerprint density at radius 2 is 1.90 bits per heavy atom. The van der Waals surface area contributed by atoms with Crippen molar-refractivity contribution in [3.63, 3.8) is 0 Å². The predicted molar refractivity (Wildman–Crippen MR) is 108 cm³/mol. The van der Waals surface area contributed by atoms with Crippen LogP contribution in [-0.2, 0) is 15.1 Å². The van der Waals surface area contributed by atoms with Crippen molar-refractivity contribution in [3.8, 4) is 0 Å². The van der Waals surface area contributed by atoms with E-state index >= 15 is 0 Å². The molecule has 1 aromatic carbocycles. The molecule has 2 aromatic heterocycles. The first kappa shape index (κ1) is 18.9. The number of para-hydroxylation sites is 1. The molecule has 1 atom stereocenters. The molecule has 1 aliphatic rings. The van der Waals surface area contributed by atoms with E-state index in [0.717, 1.165) is 10.4 Å². The summed E-state index contributed by atoms with van der Waals surface area (Å²) in [6, 6.07) is 9.20. The third kappa shape index (κ3) is 3.39. The first-order chi connectivity index (χ1) is 13.8. The molecule has 0 saturated carbocycles. The van der Waals surface area contributed by atoms with Gasteiger partial charge in [0.1, 0.15) is 11.7 Å². The molecular formula is C20H22N6O3. The number of hydrogen-bond acceptors (Lipinski definition) is 5. The zero-order valence-corrected chi connectivity index (χ0v) is 16.5. The van der Waals surface area contributed by atoms with E-state index in [0.29, 0.717) is 11.0 Å². The second-order valence-electron chi connectivity index (χ2n) is 8.10. The summed E-state index contributed by atoms with van der Waals surface area (Å²) >= 11 is 0. The molecule has 150 valence electrons. The van der Waals surface area contributed by atoms with Gasteiger partial charge in [-0.2, -0.15) is 5.10 Å². The number of nitrogens with zero attached hydrogens (tertiary/aromatic N) is 5. The van der Waals surface area contributed by atoms with Gasteiger partial charge in [0.25, 0.3) is 5.56 Å². The zero-order valence-electron chi connectivity index (χ0n) is 16.5. The zero-order chi connectivity index (χ0) is 20.8. The number of carbonyl (C=O) groups excluding carboxylic acids is 2. The number of carbonyl (C=O) groups is 2. The molecule has 4 rings (SSSR count). The number of benzene rings is 1. The largest absolute Gasteiger partial charge is 0.312 e. The summed E-state index contributed by atoms with van der Waals surface area (Å²) in [6.45, 7) is 6.15. The van der Waals surface area contributed by atoms with E-state index in [1.54, 1.807) is 9.58 Å². The van der Waals surface area contributed by atoms with Crippen molar-refractivity contribution in [1.29, 1.82) is 0 Å². The Morgan fingerprint density at radius 1 is 1.17 bits per heavy atom. The molecule has 1 aliphatic heterocycles. The molecule has 0 aliphatic carbocycles. The summed E-state index contributed by atoms with van der Waals surface area (Å²) in [7, 11) is 0. The van der Waals surface area contributed by atoms with Crippen LogP contribution in [0.2, 0.25) is 0 Å². The molecule has 0 unspecified atom stereocenters. The lowest BCUT2D eigenvalue weighted by Gasteiger charge is -2.19. The Hall–Kier alpha value is -3.49. The summed E-state index contributed by atoms with van der Waals surface area (Å²) in [5.74, 6) is -1.07. The molecule has 1 saturated heterocycles. The molecule has 3 aromatic rings. The van der Waals surface area contributed by atoms with Crippen LogP contribution in [-0.4, -0.2) is 37.8 Å². The van der Waals surface area contributed by atoms with E-state index in [1.807, 2.05) is 51.1 Å². The lowest BCUT2D eigenvalue weighted by Crippen LogP contribution is -2.37. The molecule has 2 amide bonds. The average Bonchev–Trinajstić information content (AvgIpc) is 3.29. The fourth-order valence-electron chi connectivity index (χ4n) is 3.43. The van der Waals surface area contributed by atoms with Gasteiger partial charge < -0.3 is 4.90 Å². The van der Waals surface area contributed by atoms with Crippen molar-refractivity contribution in [3.05, 3.63) is 53.2 Å². The minimum Gasteiger partial charge on any atom is -0.312 e. The van der Waals surface area contributed by atoms with Crippen molar-refractivity contribution < 1.29 is 9.59 Å². The third-order valence-corrected chi connectivity index (χ3v) is 4.92. The SMILES string of the molecule is CC(C)(C)n1ncc2c(=O)n(NC(=O)[C@@H]3CC(=O)N(c4ccccc4)C3)cnc21. The van der Waals surface area contributed by atoms with Gasteiger partial charge in [-0.3, -0.25) is 19.8 Å². The van der Waals surface area contributed by atoms with Gasteiger partial charge in [0.15, 0.2) is 5.65 Å². The van der Waals surface area contributed by atoms with Crippen molar-refractivity contribution in [2.75, 3.05) is 16.9 Å². The maximum absolute atomic E-state index is 12.7. The van der Waals surface area contributed by atoms with E-state index in [2.05, 4.69) is 15.5 Å². The van der Waals surface area contributed by atoms with Crippen LogP contribution in [0.3, 0.4) is 0 Å². The summed E-state index contributed by atoms with van der Waals surface area (Å²) in [4.78, 5) is 43.7. The highest BCUT2D eigenvalue weighted by atomic mass is 16.2. The molecule has 29 heavy (non-hydrogen) atoms. The Bertz CT molecular complexity index is 1140. The topological polar surface area (TPSA) is 102 Å². The molecule has 9 heteroatoms. The highest BCUT2D eigenvalue weighted by Gasteiger charge is 2.35. The smallest absolute Gasteiger partial charge is 0.283 e. The van der Waals surface area contributed by atoms with Crippen molar-refractivity contribution in [2.45, 2.75) is 32.7 Å². The Labute approximate surface area is 166 Å². The fraction of sp³-hybridized carbons (Fsp3) is 0.350. The minimum absolute atomic E-state index is 0.0904. The van der Waals surface area contributed by atoms with E-state index < -0.39 is 17.4 Å². The number of nitrogens with one attached hydrogen (secondary N) is 1. The van der Waals surface area contributed by atoms with Crippen molar-refractivity contribution in [2.24, 2.45) is 5.92 Å². The lowest BCUT2D eigenvalue weighted by molar-refractivity contribution is -0.123. The minimum atomic E-state index is -0.553. The van der Waals surface area contributed by atoms with Crippen molar-refractivity contribution >= 4 is 28.5 Å². The van der Waals surface area contributed by atoms with Gasteiger partial charge in [0, 0.05) is 18.7 Å². The van der Waals surface area contributed by atoms with Gasteiger partial charge in [0.2, 0.25) is 11.8 Å². The molecule has 0 radical (unpaired) electrons. The molecular weight excluding hydrogens is 372 g/mol. The van der Waals surface area contributed by atoms with Gasteiger partial charge in [0.05, 0.1) is 17.7 Å². The number of hydrogen-bond donors (Lipinski definition) is 1. The van der Waals surface area contributed by atoms with Crippen LogP contribution in [0.5, 0.6) is 0 Å². The maximum atomic E-state index is 12.7. The standard InChI is InChI=1S/C20H22N6O3/c1-20(2,3)26-17-15(10-22-26)19(29)25(12-21-17)23-18(28)13-9-16(27)24(11-13)14-7-5-4-6-8-14/h4-8,10,12-13H,9,11H2,1-3H3,(H,23,28)/t13-/m1/s1. The molecule has 1 N–H and O–H groups in total. The number of amides is 2. The van der Waals surface area contributed by atoms with E-state index in [1.165, 1.54) is 12.5 Å². The van der Waals surface area contributed by atoms with Crippen LogP contribution in [0.15, 0.2) is 47.7 Å². The normalized spacial score (nSPS) is 17.1. The van der Waals surface area contributed by atoms with Gasteiger partial charge in [-0.1, -0.05) is 18.2 Å². The van der Waals surface area contributed by atoms with Gasteiger partial charge in [-0.05, 0) is 32.9 Å². The summed E-state index contributed by atoms with van der Waals surface area (Å²) < 4.78 is 2.72. The quantitative estimate of drug-likeness (QED) is 0.725. The molecule has 3 heterocycles. The fourth-order valence-corrected chi connectivity index (χ4v) is 3.43. The highest BCUT2D eigenvalue weighted by molar-refractivity contribution is 6.01. The number of anilines is 1. The molecule has 0 spiro atoms.